The molecule has 0 heterocycles. The number of hydrogen-bond donors (Lipinski definition) is 2. The van der Waals surface area contributed by atoms with Gasteiger partial charge in [-0.2, -0.15) is 13.2 Å². The van der Waals surface area contributed by atoms with Crippen LogP contribution in [-0.4, -0.2) is 17.0 Å². The first-order valence-corrected chi connectivity index (χ1v) is 7.08. The Kier molecular flexibility index (Phi) is 5.61. The van der Waals surface area contributed by atoms with Crippen LogP contribution >= 0.6 is 15.9 Å². The van der Waals surface area contributed by atoms with Crippen molar-refractivity contribution >= 4 is 33.5 Å². The van der Waals surface area contributed by atoms with E-state index in [2.05, 4.69) is 21.2 Å². The first-order chi connectivity index (χ1) is 9.90. The van der Waals surface area contributed by atoms with Crippen LogP contribution in [0.2, 0.25) is 0 Å². The standard InChI is InChI=1S/C14H15BrF3NO3/c1-13(2,7-12(21)22)6-11(20)19-8-3-4-10(15)9(5-8)14(16,17)18/h3-5H,6-7H2,1-2H3,(H,19,20)(H,21,22). The van der Waals surface area contributed by atoms with Gasteiger partial charge < -0.3 is 10.4 Å². The SMILES string of the molecule is CC(C)(CC(=O)O)CC(=O)Nc1ccc(Br)c(C(F)(F)F)c1. The van der Waals surface area contributed by atoms with E-state index in [1.165, 1.54) is 12.1 Å². The van der Waals surface area contributed by atoms with E-state index in [0.717, 1.165) is 6.07 Å². The number of aliphatic carboxylic acids is 1. The van der Waals surface area contributed by atoms with Crippen LogP contribution in [0.3, 0.4) is 0 Å². The molecule has 0 aliphatic rings. The summed E-state index contributed by atoms with van der Waals surface area (Å²) in [4.78, 5) is 22.5. The van der Waals surface area contributed by atoms with Crippen LogP contribution in [0, 0.1) is 5.41 Å². The maximum atomic E-state index is 12.8. The summed E-state index contributed by atoms with van der Waals surface area (Å²) >= 11 is 2.81. The summed E-state index contributed by atoms with van der Waals surface area (Å²) in [5, 5.41) is 11.1. The van der Waals surface area contributed by atoms with Gasteiger partial charge in [-0.1, -0.05) is 29.8 Å². The molecule has 0 saturated carbocycles. The highest BCUT2D eigenvalue weighted by Gasteiger charge is 2.33. The fourth-order valence-corrected chi connectivity index (χ4v) is 2.40. The molecule has 0 saturated heterocycles. The minimum Gasteiger partial charge on any atom is -0.481 e. The average Bonchev–Trinajstić information content (AvgIpc) is 2.27. The second kappa shape index (κ2) is 6.68. The topological polar surface area (TPSA) is 66.4 Å². The smallest absolute Gasteiger partial charge is 0.417 e. The molecule has 1 rings (SSSR count). The number of alkyl halides is 3. The van der Waals surface area contributed by atoms with E-state index in [0.29, 0.717) is 0 Å². The Morgan fingerprint density at radius 2 is 1.82 bits per heavy atom. The van der Waals surface area contributed by atoms with E-state index in [1.807, 2.05) is 0 Å². The Hall–Kier alpha value is -1.57. The van der Waals surface area contributed by atoms with Gasteiger partial charge >= 0.3 is 12.1 Å². The van der Waals surface area contributed by atoms with Crippen LogP contribution < -0.4 is 5.32 Å². The molecule has 0 bridgehead atoms. The molecule has 0 fully saturated rings. The van der Waals surface area contributed by atoms with Gasteiger partial charge in [0, 0.05) is 16.6 Å². The normalized spacial score (nSPS) is 12.1. The molecule has 8 heteroatoms. The minimum absolute atomic E-state index is 0.00616. The zero-order valence-electron chi connectivity index (χ0n) is 11.9. The maximum Gasteiger partial charge on any atom is 0.417 e. The van der Waals surface area contributed by atoms with Crippen molar-refractivity contribution in [1.82, 2.24) is 0 Å². The summed E-state index contributed by atoms with van der Waals surface area (Å²) in [7, 11) is 0. The molecule has 0 unspecified atom stereocenters. The van der Waals surface area contributed by atoms with E-state index >= 15 is 0 Å². The summed E-state index contributed by atoms with van der Waals surface area (Å²) in [6.45, 7) is 3.20. The van der Waals surface area contributed by atoms with Crippen LogP contribution in [0.15, 0.2) is 22.7 Å². The number of nitrogens with one attached hydrogen (secondary N) is 1. The quantitative estimate of drug-likeness (QED) is 0.798. The third-order valence-corrected chi connectivity index (χ3v) is 3.52. The zero-order valence-corrected chi connectivity index (χ0v) is 13.5. The number of amides is 1. The second-order valence-electron chi connectivity index (χ2n) is 5.65. The third-order valence-electron chi connectivity index (χ3n) is 2.82. The third kappa shape index (κ3) is 5.67. The first-order valence-electron chi connectivity index (χ1n) is 6.29. The van der Waals surface area contributed by atoms with E-state index < -0.39 is 29.0 Å². The largest absolute Gasteiger partial charge is 0.481 e. The van der Waals surface area contributed by atoms with E-state index in [-0.39, 0.29) is 23.0 Å². The first kappa shape index (κ1) is 18.5. The van der Waals surface area contributed by atoms with Crippen molar-refractivity contribution in [2.45, 2.75) is 32.9 Å². The monoisotopic (exact) mass is 381 g/mol. The van der Waals surface area contributed by atoms with Gasteiger partial charge in [0.1, 0.15) is 0 Å². The summed E-state index contributed by atoms with van der Waals surface area (Å²) in [6.07, 6.45) is -4.87. The summed E-state index contributed by atoms with van der Waals surface area (Å²) in [6, 6.07) is 3.36. The summed E-state index contributed by atoms with van der Waals surface area (Å²) in [5.74, 6) is -1.58. The molecule has 1 amide bonds. The molecule has 22 heavy (non-hydrogen) atoms. The van der Waals surface area contributed by atoms with Crippen molar-refractivity contribution in [3.8, 4) is 0 Å². The molecule has 1 aromatic carbocycles. The molecule has 0 aliphatic heterocycles. The summed E-state index contributed by atoms with van der Waals surface area (Å²) in [5.41, 5.74) is -1.68. The molecule has 4 nitrogen and oxygen atoms in total. The van der Waals surface area contributed by atoms with E-state index in [9.17, 15) is 22.8 Å². The van der Waals surface area contributed by atoms with Crippen LogP contribution in [0.4, 0.5) is 18.9 Å². The van der Waals surface area contributed by atoms with Gasteiger partial charge in [-0.25, -0.2) is 0 Å². The van der Waals surface area contributed by atoms with Crippen molar-refractivity contribution in [3.05, 3.63) is 28.2 Å². The number of carbonyl (C=O) groups excluding carboxylic acids is 1. The lowest BCUT2D eigenvalue weighted by molar-refractivity contribution is -0.140. The molecule has 0 radical (unpaired) electrons. The number of hydrogen-bond acceptors (Lipinski definition) is 2. The fourth-order valence-electron chi connectivity index (χ4n) is 1.93. The zero-order chi connectivity index (χ0) is 17.1. The predicted octanol–water partition coefficient (Wildman–Crippen LogP) is 4.30. The highest BCUT2D eigenvalue weighted by atomic mass is 79.9. The van der Waals surface area contributed by atoms with E-state index in [1.54, 1.807) is 13.8 Å². The van der Waals surface area contributed by atoms with E-state index in [4.69, 9.17) is 5.11 Å². The lowest BCUT2D eigenvalue weighted by atomic mass is 9.85. The molecule has 122 valence electrons. The lowest BCUT2D eigenvalue weighted by Gasteiger charge is -2.21. The Morgan fingerprint density at radius 3 is 2.32 bits per heavy atom. The highest BCUT2D eigenvalue weighted by molar-refractivity contribution is 9.10. The minimum atomic E-state index is -4.54. The molecule has 0 spiro atoms. The molecule has 0 aromatic heterocycles. The van der Waals surface area contributed by atoms with Gasteiger partial charge in [-0.3, -0.25) is 9.59 Å². The molecule has 1 aromatic rings. The molecular weight excluding hydrogens is 367 g/mol. The molecule has 0 atom stereocenters. The maximum absolute atomic E-state index is 12.8. The van der Waals surface area contributed by atoms with Crippen molar-refractivity contribution in [2.24, 2.45) is 5.41 Å². The molecule has 0 aliphatic carbocycles. The van der Waals surface area contributed by atoms with Crippen molar-refractivity contribution < 1.29 is 27.9 Å². The second-order valence-corrected chi connectivity index (χ2v) is 6.51. The van der Waals surface area contributed by atoms with Gasteiger partial charge in [0.2, 0.25) is 5.91 Å². The highest BCUT2D eigenvalue weighted by Crippen LogP contribution is 2.36. The summed E-state index contributed by atoms with van der Waals surface area (Å²) < 4.78 is 38.2. The van der Waals surface area contributed by atoms with Crippen LogP contribution in [0.25, 0.3) is 0 Å². The number of carbonyl (C=O) groups is 2. The number of anilines is 1. The van der Waals surface area contributed by atoms with Gasteiger partial charge in [-0.15, -0.1) is 0 Å². The predicted molar refractivity (Wildman–Crippen MR) is 78.4 cm³/mol. The van der Waals surface area contributed by atoms with Crippen molar-refractivity contribution in [1.29, 1.82) is 0 Å². The van der Waals surface area contributed by atoms with Crippen molar-refractivity contribution in [3.63, 3.8) is 0 Å². The van der Waals surface area contributed by atoms with Crippen LogP contribution in [-0.2, 0) is 15.8 Å². The lowest BCUT2D eigenvalue weighted by Crippen LogP contribution is -2.25. The number of halogens is 4. The Morgan fingerprint density at radius 1 is 1.23 bits per heavy atom. The van der Waals surface area contributed by atoms with Gasteiger partial charge in [0.25, 0.3) is 0 Å². The fraction of sp³-hybridized carbons (Fsp3) is 0.429. The van der Waals surface area contributed by atoms with Gasteiger partial charge in [0.15, 0.2) is 0 Å². The Labute approximate surface area is 133 Å². The average molecular weight is 382 g/mol. The van der Waals surface area contributed by atoms with Crippen LogP contribution in [0.1, 0.15) is 32.3 Å². The number of rotatable bonds is 5. The van der Waals surface area contributed by atoms with Gasteiger partial charge in [-0.05, 0) is 23.6 Å². The molecule has 2 N–H and O–H groups in total. The molecular formula is C14H15BrF3NO3. The number of benzene rings is 1. The Balaban J connectivity index is 2.83. The Bertz CT molecular complexity index is 585. The number of carboxylic acid groups (broad SMARTS) is 1. The van der Waals surface area contributed by atoms with Crippen molar-refractivity contribution in [2.75, 3.05) is 5.32 Å². The van der Waals surface area contributed by atoms with Gasteiger partial charge in [0.05, 0.1) is 12.0 Å². The van der Waals surface area contributed by atoms with Crippen LogP contribution in [0.5, 0.6) is 0 Å². The number of carboxylic acids is 1.